The van der Waals surface area contributed by atoms with Crippen molar-refractivity contribution in [1.82, 2.24) is 0 Å². The number of allylic oxidation sites excluding steroid dienone is 1. The fourth-order valence-electron chi connectivity index (χ4n) is 3.61. The smallest absolute Gasteiger partial charge is 0.318 e. The number of hydrogen-bond acceptors (Lipinski definition) is 9. The number of ether oxygens (including phenoxy) is 3. The molecular weight excluding hydrogens is 520 g/mol. The molecule has 40 heavy (non-hydrogen) atoms. The average molecular weight is 545 g/mol. The Morgan fingerprint density at radius 2 is 1.80 bits per heavy atom. The average Bonchev–Trinajstić information content (AvgIpc) is 2.93. The molecule has 0 bridgehead atoms. The molecule has 0 aliphatic rings. The van der Waals surface area contributed by atoms with Crippen molar-refractivity contribution in [3.05, 3.63) is 104 Å². The predicted octanol–water partition coefficient (Wildman–Crippen LogP) is 5.98. The lowest BCUT2D eigenvalue weighted by Gasteiger charge is -2.16. The molecule has 12 nitrogen and oxygen atoms in total. The van der Waals surface area contributed by atoms with Crippen LogP contribution < -0.4 is 19.5 Å². The Morgan fingerprint density at radius 1 is 1.07 bits per heavy atom. The molecule has 1 N–H and O–H groups in total. The summed E-state index contributed by atoms with van der Waals surface area (Å²) in [6.45, 7) is 6.07. The fraction of sp³-hybridized carbons (Fsp3) is 0.143. The number of carbonyl (C=O) groups is 1. The second kappa shape index (κ2) is 13.2. The number of nitriles is 1. The Morgan fingerprint density at radius 3 is 2.38 bits per heavy atom. The zero-order valence-corrected chi connectivity index (χ0v) is 21.6. The van der Waals surface area contributed by atoms with Crippen molar-refractivity contribution < 1.29 is 28.9 Å². The molecule has 0 aromatic heterocycles. The van der Waals surface area contributed by atoms with Crippen molar-refractivity contribution in [1.29, 1.82) is 5.26 Å². The van der Waals surface area contributed by atoms with Crippen molar-refractivity contribution >= 4 is 29.0 Å². The molecule has 0 aliphatic carbocycles. The second-order valence-corrected chi connectivity index (χ2v) is 8.05. The van der Waals surface area contributed by atoms with Crippen molar-refractivity contribution in [3.63, 3.8) is 0 Å². The normalized spacial score (nSPS) is 10.7. The third-order valence-electron chi connectivity index (χ3n) is 5.40. The van der Waals surface area contributed by atoms with Gasteiger partial charge < -0.3 is 19.5 Å². The zero-order valence-electron chi connectivity index (χ0n) is 21.6. The molecule has 0 aliphatic heterocycles. The summed E-state index contributed by atoms with van der Waals surface area (Å²) in [7, 11) is 1.35. The molecule has 0 fully saturated rings. The van der Waals surface area contributed by atoms with Crippen molar-refractivity contribution in [2.24, 2.45) is 0 Å². The molecule has 0 unspecified atom stereocenters. The summed E-state index contributed by atoms with van der Waals surface area (Å²) in [6.07, 6.45) is 3.15. The van der Waals surface area contributed by atoms with Gasteiger partial charge in [0.25, 0.3) is 11.6 Å². The van der Waals surface area contributed by atoms with Crippen LogP contribution in [0.5, 0.6) is 23.0 Å². The van der Waals surface area contributed by atoms with E-state index in [0.717, 1.165) is 18.2 Å². The molecule has 0 saturated heterocycles. The Bertz CT molecular complexity index is 1520. The van der Waals surface area contributed by atoms with Gasteiger partial charge in [0.15, 0.2) is 11.5 Å². The summed E-state index contributed by atoms with van der Waals surface area (Å²) in [4.78, 5) is 33.9. The first-order chi connectivity index (χ1) is 19.2. The number of hydrogen-bond donors (Lipinski definition) is 1. The Labute approximate surface area is 229 Å². The predicted molar refractivity (Wildman–Crippen MR) is 147 cm³/mol. The first kappa shape index (κ1) is 28.9. The number of nitrogens with one attached hydrogen (secondary N) is 1. The van der Waals surface area contributed by atoms with Crippen LogP contribution in [0.4, 0.5) is 17.1 Å². The van der Waals surface area contributed by atoms with E-state index in [1.807, 2.05) is 13.0 Å². The number of carbonyl (C=O) groups excluding carboxylic acids is 1. The van der Waals surface area contributed by atoms with E-state index >= 15 is 0 Å². The summed E-state index contributed by atoms with van der Waals surface area (Å²) in [5, 5.41) is 35.0. The lowest BCUT2D eigenvalue weighted by Crippen LogP contribution is -2.13. The third kappa shape index (κ3) is 6.99. The highest BCUT2D eigenvalue weighted by Gasteiger charge is 2.24. The van der Waals surface area contributed by atoms with E-state index in [4.69, 9.17) is 14.2 Å². The maximum absolute atomic E-state index is 12.8. The van der Waals surface area contributed by atoms with Gasteiger partial charge in [-0.1, -0.05) is 6.08 Å². The van der Waals surface area contributed by atoms with Gasteiger partial charge in [-0.05, 0) is 67.4 Å². The van der Waals surface area contributed by atoms with Crippen LogP contribution in [0.1, 0.15) is 18.1 Å². The van der Waals surface area contributed by atoms with Gasteiger partial charge in [-0.2, -0.15) is 5.26 Å². The van der Waals surface area contributed by atoms with Gasteiger partial charge in [0.2, 0.25) is 5.75 Å². The largest absolute Gasteiger partial charge is 0.494 e. The summed E-state index contributed by atoms with van der Waals surface area (Å²) >= 11 is 0. The highest BCUT2D eigenvalue weighted by molar-refractivity contribution is 6.09. The quantitative estimate of drug-likeness (QED) is 0.0948. The Kier molecular flexibility index (Phi) is 9.53. The fourth-order valence-corrected chi connectivity index (χ4v) is 3.61. The van der Waals surface area contributed by atoms with Crippen LogP contribution >= 0.6 is 0 Å². The molecule has 3 aromatic carbocycles. The van der Waals surface area contributed by atoms with Crippen LogP contribution in [0.15, 0.2) is 72.8 Å². The van der Waals surface area contributed by atoms with Crippen LogP contribution in [0.2, 0.25) is 0 Å². The van der Waals surface area contributed by atoms with E-state index < -0.39 is 27.1 Å². The minimum atomic E-state index is -0.790. The number of nitrogens with zero attached hydrogens (tertiary/aromatic N) is 3. The number of nitro benzene ring substituents is 2. The first-order valence-corrected chi connectivity index (χ1v) is 11.8. The molecule has 3 aromatic rings. The summed E-state index contributed by atoms with van der Waals surface area (Å²) in [6, 6.07) is 14.7. The molecule has 12 heteroatoms. The number of non-ortho nitro benzene ring substituents is 1. The first-order valence-electron chi connectivity index (χ1n) is 11.8. The van der Waals surface area contributed by atoms with E-state index in [2.05, 4.69) is 11.9 Å². The van der Waals surface area contributed by atoms with Crippen LogP contribution in [0.3, 0.4) is 0 Å². The maximum Gasteiger partial charge on any atom is 0.318 e. The van der Waals surface area contributed by atoms with E-state index in [0.29, 0.717) is 29.2 Å². The van der Waals surface area contributed by atoms with E-state index in [1.165, 1.54) is 19.3 Å². The summed E-state index contributed by atoms with van der Waals surface area (Å²) in [5.74, 6) is 0.00347. The number of anilines is 1. The maximum atomic E-state index is 12.8. The summed E-state index contributed by atoms with van der Waals surface area (Å²) < 4.78 is 16.7. The lowest BCUT2D eigenvalue weighted by atomic mass is 10.0. The standard InChI is InChI=1S/C28H24N4O8/c1-4-6-19-13-18(14-20(17-29)28(33)30-21-7-10-23(11-8-21)39-5-2)15-26(38-3)27(19)40-25-12-9-22(31(34)35)16-24(25)32(36)37/h4,7-16H,1,5-6H2,2-3H3,(H,30,33)/b20-14+. The third-order valence-corrected chi connectivity index (χ3v) is 5.40. The molecule has 1 amide bonds. The van der Waals surface area contributed by atoms with Crippen LogP contribution in [-0.2, 0) is 11.2 Å². The van der Waals surface area contributed by atoms with Gasteiger partial charge >= 0.3 is 5.69 Å². The van der Waals surface area contributed by atoms with Crippen molar-refractivity contribution in [2.75, 3.05) is 19.0 Å². The topological polar surface area (TPSA) is 167 Å². The molecular formula is C28H24N4O8. The van der Waals surface area contributed by atoms with Gasteiger partial charge in [0, 0.05) is 17.3 Å². The van der Waals surface area contributed by atoms with Gasteiger partial charge in [-0.25, -0.2) is 0 Å². The molecule has 3 rings (SSSR count). The number of rotatable bonds is 12. The van der Waals surface area contributed by atoms with Gasteiger partial charge in [0.05, 0.1) is 29.6 Å². The van der Waals surface area contributed by atoms with E-state index in [-0.39, 0.29) is 29.2 Å². The number of nitro groups is 2. The lowest BCUT2D eigenvalue weighted by molar-refractivity contribution is -0.394. The molecule has 0 atom stereocenters. The van der Waals surface area contributed by atoms with E-state index in [9.17, 15) is 30.3 Å². The Hall–Kier alpha value is -5.70. The zero-order chi connectivity index (χ0) is 29.2. The summed E-state index contributed by atoms with van der Waals surface area (Å²) in [5.41, 5.74) is 0.0797. The molecule has 0 heterocycles. The van der Waals surface area contributed by atoms with Crippen LogP contribution in [-0.4, -0.2) is 29.5 Å². The SMILES string of the molecule is C=CCc1cc(/C=C(\C#N)C(=O)Nc2ccc(OCC)cc2)cc(OC)c1Oc1ccc([N+](=O)[O-])cc1[N+](=O)[O-]. The highest BCUT2D eigenvalue weighted by Crippen LogP contribution is 2.41. The molecule has 204 valence electrons. The minimum Gasteiger partial charge on any atom is -0.494 e. The molecule has 0 saturated carbocycles. The molecule has 0 radical (unpaired) electrons. The van der Waals surface area contributed by atoms with E-state index in [1.54, 1.807) is 36.4 Å². The van der Waals surface area contributed by atoms with Gasteiger partial charge in [-0.15, -0.1) is 6.58 Å². The van der Waals surface area contributed by atoms with Crippen LogP contribution in [0.25, 0.3) is 6.08 Å². The minimum absolute atomic E-state index is 0.105. The number of benzene rings is 3. The highest BCUT2D eigenvalue weighted by atomic mass is 16.6. The van der Waals surface area contributed by atoms with Crippen molar-refractivity contribution in [3.8, 4) is 29.1 Å². The Balaban J connectivity index is 1.98. The molecule has 0 spiro atoms. The monoisotopic (exact) mass is 544 g/mol. The number of methoxy groups -OCH3 is 1. The van der Waals surface area contributed by atoms with Crippen LogP contribution in [0, 0.1) is 31.6 Å². The van der Waals surface area contributed by atoms with Crippen molar-refractivity contribution in [2.45, 2.75) is 13.3 Å². The van der Waals surface area contributed by atoms with Gasteiger partial charge in [-0.3, -0.25) is 25.0 Å². The van der Waals surface area contributed by atoms with Gasteiger partial charge in [0.1, 0.15) is 17.4 Å². The second-order valence-electron chi connectivity index (χ2n) is 8.05. The number of amides is 1.